The molecular formula is C15H15ClO2S. The highest BCUT2D eigenvalue weighted by Gasteiger charge is 2.19. The molecule has 3 rings (SSSR count). The molecule has 4 heteroatoms. The number of ether oxygens (including phenoxy) is 1. The first-order valence-corrected chi connectivity index (χ1v) is 7.67. The summed E-state index contributed by atoms with van der Waals surface area (Å²) in [7, 11) is 0. The summed E-state index contributed by atoms with van der Waals surface area (Å²) < 4.78 is 5.65. The van der Waals surface area contributed by atoms with Crippen LogP contribution in [0.5, 0.6) is 5.75 Å². The Balaban J connectivity index is 1.76. The SMILES string of the molecule is OC(Cc1ccsc1)Cc1cc(Cl)cc2c1OCC2. The lowest BCUT2D eigenvalue weighted by atomic mass is 10.00. The zero-order valence-electron chi connectivity index (χ0n) is 10.4. The standard InChI is InChI=1S/C15H15ClO2S/c16-13-6-11-1-3-18-15(11)12(7-13)8-14(17)5-10-2-4-19-9-10/h2,4,6-7,9,14,17H,1,3,5,8H2. The van der Waals surface area contributed by atoms with E-state index >= 15 is 0 Å². The minimum atomic E-state index is -0.402. The topological polar surface area (TPSA) is 29.5 Å². The third kappa shape index (κ3) is 2.94. The van der Waals surface area contributed by atoms with Gasteiger partial charge in [-0.25, -0.2) is 0 Å². The number of benzene rings is 1. The monoisotopic (exact) mass is 294 g/mol. The van der Waals surface area contributed by atoms with Crippen molar-refractivity contribution in [2.75, 3.05) is 6.61 Å². The van der Waals surface area contributed by atoms with E-state index in [1.165, 1.54) is 5.56 Å². The van der Waals surface area contributed by atoms with Gasteiger partial charge < -0.3 is 9.84 Å². The van der Waals surface area contributed by atoms with Crippen LogP contribution >= 0.6 is 22.9 Å². The third-order valence-electron chi connectivity index (χ3n) is 3.33. The molecule has 1 aliphatic rings. The van der Waals surface area contributed by atoms with Gasteiger partial charge in [0.15, 0.2) is 0 Å². The van der Waals surface area contributed by atoms with Crippen molar-refractivity contribution in [3.05, 3.63) is 50.7 Å². The van der Waals surface area contributed by atoms with Gasteiger partial charge in [-0.3, -0.25) is 0 Å². The van der Waals surface area contributed by atoms with E-state index in [0.717, 1.165) is 28.3 Å². The number of aliphatic hydroxyl groups excluding tert-OH is 1. The zero-order valence-corrected chi connectivity index (χ0v) is 12.0. The van der Waals surface area contributed by atoms with Gasteiger partial charge >= 0.3 is 0 Å². The predicted molar refractivity (Wildman–Crippen MR) is 78.4 cm³/mol. The lowest BCUT2D eigenvalue weighted by Crippen LogP contribution is -2.14. The van der Waals surface area contributed by atoms with Crippen molar-refractivity contribution < 1.29 is 9.84 Å². The molecule has 1 unspecified atom stereocenters. The van der Waals surface area contributed by atoms with E-state index in [4.69, 9.17) is 16.3 Å². The van der Waals surface area contributed by atoms with Gasteiger partial charge in [0.2, 0.25) is 0 Å². The van der Waals surface area contributed by atoms with Crippen LogP contribution in [0.3, 0.4) is 0 Å². The maximum absolute atomic E-state index is 10.2. The molecule has 0 spiro atoms. The van der Waals surface area contributed by atoms with Gasteiger partial charge in [0.05, 0.1) is 12.7 Å². The summed E-state index contributed by atoms with van der Waals surface area (Å²) in [5.74, 6) is 0.925. The second-order valence-corrected chi connectivity index (χ2v) is 6.06. The van der Waals surface area contributed by atoms with Crippen LogP contribution in [-0.4, -0.2) is 17.8 Å². The molecule has 2 aromatic rings. The maximum atomic E-state index is 10.2. The Hall–Kier alpha value is -1.03. The fourth-order valence-corrected chi connectivity index (χ4v) is 3.45. The molecular weight excluding hydrogens is 280 g/mol. The van der Waals surface area contributed by atoms with Crippen LogP contribution in [0.4, 0.5) is 0 Å². The highest BCUT2D eigenvalue weighted by Crippen LogP contribution is 2.33. The number of halogens is 1. The molecule has 0 aliphatic carbocycles. The van der Waals surface area contributed by atoms with Crippen molar-refractivity contribution in [3.8, 4) is 5.75 Å². The van der Waals surface area contributed by atoms with Crippen LogP contribution in [-0.2, 0) is 19.3 Å². The summed E-state index contributed by atoms with van der Waals surface area (Å²) in [5.41, 5.74) is 3.35. The van der Waals surface area contributed by atoms with Gasteiger partial charge in [-0.2, -0.15) is 11.3 Å². The van der Waals surface area contributed by atoms with Crippen LogP contribution in [0.15, 0.2) is 29.0 Å². The Labute approximate surface area is 121 Å². The maximum Gasteiger partial charge on any atom is 0.126 e. The van der Waals surface area contributed by atoms with Crippen molar-refractivity contribution in [2.45, 2.75) is 25.4 Å². The van der Waals surface area contributed by atoms with Crippen LogP contribution in [0.2, 0.25) is 5.02 Å². The Morgan fingerprint density at radius 3 is 3.05 bits per heavy atom. The highest BCUT2D eigenvalue weighted by atomic mass is 35.5. The number of hydrogen-bond donors (Lipinski definition) is 1. The average molecular weight is 295 g/mol. The first kappa shape index (κ1) is 13.0. The first-order chi connectivity index (χ1) is 9.22. The molecule has 0 radical (unpaired) electrons. The Morgan fingerprint density at radius 2 is 2.26 bits per heavy atom. The lowest BCUT2D eigenvalue weighted by molar-refractivity contribution is 0.174. The molecule has 0 fully saturated rings. The van der Waals surface area contributed by atoms with Gasteiger partial charge in [-0.15, -0.1) is 0 Å². The molecule has 1 aromatic heterocycles. The normalized spacial score (nSPS) is 15.1. The van der Waals surface area contributed by atoms with Crippen molar-refractivity contribution in [1.29, 1.82) is 0 Å². The summed E-state index contributed by atoms with van der Waals surface area (Å²) in [6.45, 7) is 0.712. The Kier molecular flexibility index (Phi) is 3.78. The van der Waals surface area contributed by atoms with Crippen LogP contribution < -0.4 is 4.74 Å². The van der Waals surface area contributed by atoms with E-state index in [1.54, 1.807) is 11.3 Å². The number of fused-ring (bicyclic) bond motifs is 1. The fourth-order valence-electron chi connectivity index (χ4n) is 2.50. The van der Waals surface area contributed by atoms with E-state index in [1.807, 2.05) is 23.6 Å². The lowest BCUT2D eigenvalue weighted by Gasteiger charge is -2.13. The van der Waals surface area contributed by atoms with Gasteiger partial charge in [-0.1, -0.05) is 11.6 Å². The van der Waals surface area contributed by atoms with E-state index in [9.17, 15) is 5.11 Å². The minimum Gasteiger partial charge on any atom is -0.493 e. The van der Waals surface area contributed by atoms with Crippen LogP contribution in [0.1, 0.15) is 16.7 Å². The number of hydrogen-bond acceptors (Lipinski definition) is 3. The van der Waals surface area contributed by atoms with Crippen molar-refractivity contribution >= 4 is 22.9 Å². The van der Waals surface area contributed by atoms with Crippen LogP contribution in [0, 0.1) is 0 Å². The summed E-state index contributed by atoms with van der Waals surface area (Å²) in [6, 6.07) is 5.91. The summed E-state index contributed by atoms with van der Waals surface area (Å²) in [6.07, 6.45) is 1.76. The van der Waals surface area contributed by atoms with Gasteiger partial charge in [0.1, 0.15) is 5.75 Å². The predicted octanol–water partition coefficient (Wildman–Crippen LogP) is 3.48. The molecule has 1 aromatic carbocycles. The van der Waals surface area contributed by atoms with E-state index < -0.39 is 6.10 Å². The molecule has 19 heavy (non-hydrogen) atoms. The number of aliphatic hydroxyl groups is 1. The molecule has 2 nitrogen and oxygen atoms in total. The molecule has 1 N–H and O–H groups in total. The smallest absolute Gasteiger partial charge is 0.126 e. The fraction of sp³-hybridized carbons (Fsp3) is 0.333. The highest BCUT2D eigenvalue weighted by molar-refractivity contribution is 7.07. The van der Waals surface area contributed by atoms with Crippen LogP contribution in [0.25, 0.3) is 0 Å². The van der Waals surface area contributed by atoms with Crippen molar-refractivity contribution in [3.63, 3.8) is 0 Å². The second-order valence-electron chi connectivity index (χ2n) is 4.85. The largest absolute Gasteiger partial charge is 0.493 e. The molecule has 100 valence electrons. The minimum absolute atomic E-state index is 0.402. The van der Waals surface area contributed by atoms with E-state index in [0.29, 0.717) is 19.4 Å². The summed E-state index contributed by atoms with van der Waals surface area (Å²) in [4.78, 5) is 0. The third-order valence-corrected chi connectivity index (χ3v) is 4.28. The zero-order chi connectivity index (χ0) is 13.2. The number of rotatable bonds is 4. The van der Waals surface area contributed by atoms with Crippen molar-refractivity contribution in [2.24, 2.45) is 0 Å². The first-order valence-electron chi connectivity index (χ1n) is 6.35. The molecule has 1 aliphatic heterocycles. The molecule has 0 saturated carbocycles. The number of thiophene rings is 1. The molecule has 0 saturated heterocycles. The summed E-state index contributed by atoms with van der Waals surface area (Å²) in [5, 5.41) is 15.0. The van der Waals surface area contributed by atoms with Crippen molar-refractivity contribution in [1.82, 2.24) is 0 Å². The van der Waals surface area contributed by atoms with Gasteiger partial charge in [0, 0.05) is 17.9 Å². The molecule has 2 heterocycles. The quantitative estimate of drug-likeness (QED) is 0.935. The second kappa shape index (κ2) is 5.53. The van der Waals surface area contributed by atoms with Gasteiger partial charge in [-0.05, 0) is 52.1 Å². The molecule has 0 amide bonds. The van der Waals surface area contributed by atoms with E-state index in [-0.39, 0.29) is 0 Å². The molecule has 1 atom stereocenters. The average Bonchev–Trinajstić information content (AvgIpc) is 2.99. The summed E-state index contributed by atoms with van der Waals surface area (Å²) >= 11 is 7.77. The molecule has 0 bridgehead atoms. The van der Waals surface area contributed by atoms with Gasteiger partial charge in [0.25, 0.3) is 0 Å². The Morgan fingerprint density at radius 1 is 1.37 bits per heavy atom. The Bertz CT molecular complexity index is 566. The van der Waals surface area contributed by atoms with E-state index in [2.05, 4.69) is 5.38 Å².